The third kappa shape index (κ3) is 5.58. The van der Waals surface area contributed by atoms with E-state index in [4.69, 9.17) is 4.74 Å². The summed E-state index contributed by atoms with van der Waals surface area (Å²) < 4.78 is 5.03. The molecule has 0 bridgehead atoms. The van der Waals surface area contributed by atoms with Crippen LogP contribution in [-0.2, 0) is 9.53 Å². The van der Waals surface area contributed by atoms with Crippen LogP contribution in [0.2, 0.25) is 0 Å². The number of rotatable bonds is 4. The van der Waals surface area contributed by atoms with Gasteiger partial charge in [-0.05, 0) is 26.2 Å². The fraction of sp³-hybridized carbons (Fsp3) is 0.889. The molecule has 1 atom stereocenters. The zero-order valence-electron chi connectivity index (χ0n) is 8.13. The topological polar surface area (TPSA) is 26.3 Å². The van der Waals surface area contributed by atoms with E-state index in [2.05, 4.69) is 29.8 Å². The normalized spacial score (nSPS) is 13.6. The van der Waals surface area contributed by atoms with E-state index in [1.807, 2.05) is 13.8 Å². The maximum atomic E-state index is 11.2. The van der Waals surface area contributed by atoms with Crippen molar-refractivity contribution in [3.05, 3.63) is 0 Å². The molecule has 3 heteroatoms. The van der Waals surface area contributed by atoms with Crippen molar-refractivity contribution in [1.82, 2.24) is 0 Å². The first-order chi connectivity index (χ1) is 5.43. The zero-order chi connectivity index (χ0) is 9.72. The molecule has 0 aromatic rings. The van der Waals surface area contributed by atoms with Crippen LogP contribution in [0.15, 0.2) is 0 Å². The zero-order valence-corrected chi connectivity index (χ0v) is 9.72. The van der Waals surface area contributed by atoms with Gasteiger partial charge in [0.2, 0.25) is 0 Å². The molecule has 0 saturated carbocycles. The van der Waals surface area contributed by atoms with Crippen molar-refractivity contribution in [2.75, 3.05) is 0 Å². The fourth-order valence-electron chi connectivity index (χ4n) is 0.816. The van der Waals surface area contributed by atoms with Gasteiger partial charge in [-0.15, -0.1) is 0 Å². The Morgan fingerprint density at radius 3 is 2.17 bits per heavy atom. The van der Waals surface area contributed by atoms with E-state index in [0.717, 1.165) is 6.42 Å². The average Bonchev–Trinajstić information content (AvgIpc) is 1.84. The van der Waals surface area contributed by atoms with E-state index in [1.165, 1.54) is 0 Å². The Bertz CT molecular complexity index is 143. The Labute approximate surface area is 82.8 Å². The van der Waals surface area contributed by atoms with Crippen molar-refractivity contribution in [2.45, 2.75) is 45.0 Å². The standard InChI is InChI=1S/C9H17BrO2/c1-6(2)5-8(10)9(11)12-7(3)4/h6-8H,5H2,1-4H3. The minimum atomic E-state index is -0.154. The third-order valence-corrected chi connectivity index (χ3v) is 2.03. The maximum absolute atomic E-state index is 11.2. The SMILES string of the molecule is CC(C)CC(Br)C(=O)OC(C)C. The van der Waals surface area contributed by atoms with Gasteiger partial charge in [-0.25, -0.2) is 0 Å². The summed E-state index contributed by atoms with van der Waals surface area (Å²) in [6, 6.07) is 0. The van der Waals surface area contributed by atoms with Crippen LogP contribution in [0.25, 0.3) is 0 Å². The molecule has 0 rings (SSSR count). The largest absolute Gasteiger partial charge is 0.462 e. The van der Waals surface area contributed by atoms with E-state index in [9.17, 15) is 4.79 Å². The Hall–Kier alpha value is -0.0500. The second kappa shape index (κ2) is 5.57. The van der Waals surface area contributed by atoms with Gasteiger partial charge in [0.25, 0.3) is 0 Å². The Kier molecular flexibility index (Phi) is 5.55. The quantitative estimate of drug-likeness (QED) is 0.555. The summed E-state index contributed by atoms with van der Waals surface area (Å²) in [4.78, 5) is 11.1. The molecule has 0 aromatic carbocycles. The van der Waals surface area contributed by atoms with Crippen LogP contribution >= 0.6 is 15.9 Å². The van der Waals surface area contributed by atoms with Crippen LogP contribution in [0, 0.1) is 5.92 Å². The van der Waals surface area contributed by atoms with Gasteiger partial charge in [-0.3, -0.25) is 4.79 Å². The number of hydrogen-bond acceptors (Lipinski definition) is 2. The molecule has 0 fully saturated rings. The van der Waals surface area contributed by atoms with E-state index in [-0.39, 0.29) is 16.9 Å². The van der Waals surface area contributed by atoms with Crippen molar-refractivity contribution < 1.29 is 9.53 Å². The third-order valence-electron chi connectivity index (χ3n) is 1.29. The predicted octanol–water partition coefficient (Wildman–Crippen LogP) is 2.75. The van der Waals surface area contributed by atoms with Crippen LogP contribution in [-0.4, -0.2) is 16.9 Å². The van der Waals surface area contributed by atoms with Gasteiger partial charge in [-0.2, -0.15) is 0 Å². The molecule has 0 aromatic heterocycles. The molecule has 0 spiro atoms. The number of ether oxygens (including phenoxy) is 1. The molecule has 2 nitrogen and oxygen atoms in total. The summed E-state index contributed by atoms with van der Waals surface area (Å²) in [7, 11) is 0. The van der Waals surface area contributed by atoms with Gasteiger partial charge in [0.15, 0.2) is 0 Å². The number of carbonyl (C=O) groups is 1. The van der Waals surface area contributed by atoms with Gasteiger partial charge in [0.1, 0.15) is 4.83 Å². The summed E-state index contributed by atoms with van der Waals surface area (Å²) >= 11 is 3.30. The van der Waals surface area contributed by atoms with Crippen LogP contribution < -0.4 is 0 Å². The van der Waals surface area contributed by atoms with Gasteiger partial charge >= 0.3 is 5.97 Å². The van der Waals surface area contributed by atoms with E-state index < -0.39 is 0 Å². The van der Waals surface area contributed by atoms with Crippen molar-refractivity contribution in [3.63, 3.8) is 0 Å². The predicted molar refractivity (Wildman–Crippen MR) is 53.4 cm³/mol. The molecular weight excluding hydrogens is 220 g/mol. The summed E-state index contributed by atoms with van der Waals surface area (Å²) in [5.41, 5.74) is 0. The lowest BCUT2D eigenvalue weighted by Crippen LogP contribution is -2.22. The molecule has 0 heterocycles. The maximum Gasteiger partial charge on any atom is 0.319 e. The molecule has 0 amide bonds. The number of hydrogen-bond donors (Lipinski definition) is 0. The van der Waals surface area contributed by atoms with Gasteiger partial charge in [0, 0.05) is 0 Å². The Morgan fingerprint density at radius 1 is 1.33 bits per heavy atom. The highest BCUT2D eigenvalue weighted by atomic mass is 79.9. The number of carbonyl (C=O) groups excluding carboxylic acids is 1. The average molecular weight is 237 g/mol. The molecule has 0 radical (unpaired) electrons. The lowest BCUT2D eigenvalue weighted by Gasteiger charge is -2.13. The highest BCUT2D eigenvalue weighted by Crippen LogP contribution is 2.14. The van der Waals surface area contributed by atoms with Gasteiger partial charge in [-0.1, -0.05) is 29.8 Å². The van der Waals surface area contributed by atoms with Crippen molar-refractivity contribution in [3.8, 4) is 0 Å². The van der Waals surface area contributed by atoms with Crippen LogP contribution in [0.5, 0.6) is 0 Å². The molecule has 12 heavy (non-hydrogen) atoms. The van der Waals surface area contributed by atoms with Crippen LogP contribution in [0.3, 0.4) is 0 Å². The number of esters is 1. The molecular formula is C9H17BrO2. The van der Waals surface area contributed by atoms with Crippen molar-refractivity contribution >= 4 is 21.9 Å². The molecule has 72 valence electrons. The lowest BCUT2D eigenvalue weighted by molar-refractivity contribution is -0.146. The minimum Gasteiger partial charge on any atom is -0.462 e. The first-order valence-electron chi connectivity index (χ1n) is 4.28. The first-order valence-corrected chi connectivity index (χ1v) is 5.19. The van der Waals surface area contributed by atoms with Gasteiger partial charge in [0.05, 0.1) is 6.10 Å². The smallest absolute Gasteiger partial charge is 0.319 e. The summed E-state index contributed by atoms with van der Waals surface area (Å²) in [6.07, 6.45) is 0.802. The highest BCUT2D eigenvalue weighted by molar-refractivity contribution is 9.10. The fourth-order valence-corrected chi connectivity index (χ4v) is 1.67. The second-order valence-corrected chi connectivity index (χ2v) is 4.69. The molecule has 0 aliphatic rings. The van der Waals surface area contributed by atoms with Gasteiger partial charge < -0.3 is 4.74 Å². The number of halogens is 1. The number of alkyl halides is 1. The molecule has 0 aliphatic heterocycles. The molecule has 1 unspecified atom stereocenters. The van der Waals surface area contributed by atoms with E-state index in [0.29, 0.717) is 5.92 Å². The summed E-state index contributed by atoms with van der Waals surface area (Å²) in [5.74, 6) is 0.354. The summed E-state index contributed by atoms with van der Waals surface area (Å²) in [5, 5.41) is 0. The van der Waals surface area contributed by atoms with Crippen LogP contribution in [0.4, 0.5) is 0 Å². The van der Waals surface area contributed by atoms with E-state index in [1.54, 1.807) is 0 Å². The van der Waals surface area contributed by atoms with Crippen LogP contribution in [0.1, 0.15) is 34.1 Å². The van der Waals surface area contributed by atoms with E-state index >= 15 is 0 Å². The Morgan fingerprint density at radius 2 is 1.83 bits per heavy atom. The van der Waals surface area contributed by atoms with Crippen molar-refractivity contribution in [1.29, 1.82) is 0 Å². The Balaban J connectivity index is 3.77. The highest BCUT2D eigenvalue weighted by Gasteiger charge is 2.18. The monoisotopic (exact) mass is 236 g/mol. The molecule has 0 aliphatic carbocycles. The van der Waals surface area contributed by atoms with Crippen molar-refractivity contribution in [2.24, 2.45) is 5.92 Å². The first kappa shape index (κ1) is 11.9. The second-order valence-electron chi connectivity index (χ2n) is 3.58. The summed E-state index contributed by atoms with van der Waals surface area (Å²) in [6.45, 7) is 7.87. The minimum absolute atomic E-state index is 0.0234. The molecule has 0 N–H and O–H groups in total. The molecule has 0 saturated heterocycles. The lowest BCUT2D eigenvalue weighted by atomic mass is 10.1.